The van der Waals surface area contributed by atoms with Crippen LogP contribution in [0.5, 0.6) is 0 Å². The number of benzene rings is 3. The summed E-state index contributed by atoms with van der Waals surface area (Å²) in [7, 11) is -4.31. The van der Waals surface area contributed by atoms with E-state index < -0.39 is 34.3 Å². The summed E-state index contributed by atoms with van der Waals surface area (Å²) in [6, 6.07) is 19.7. The largest absolute Gasteiger partial charge is 0.354 e. The van der Waals surface area contributed by atoms with Crippen molar-refractivity contribution in [2.75, 3.05) is 17.4 Å². The highest BCUT2D eigenvalue weighted by Crippen LogP contribution is 2.27. The number of unbranched alkanes of at least 4 members (excludes halogenated alkanes) is 1. The van der Waals surface area contributed by atoms with E-state index in [9.17, 15) is 22.4 Å². The van der Waals surface area contributed by atoms with Crippen LogP contribution in [0.1, 0.15) is 44.2 Å². The Labute approximate surface area is 230 Å². The highest BCUT2D eigenvalue weighted by molar-refractivity contribution is 7.92. The van der Waals surface area contributed by atoms with Crippen molar-refractivity contribution < 1.29 is 22.4 Å². The van der Waals surface area contributed by atoms with E-state index in [1.54, 1.807) is 25.1 Å². The molecule has 3 aromatic rings. The fourth-order valence-electron chi connectivity index (χ4n) is 4.28. The van der Waals surface area contributed by atoms with E-state index in [0.717, 1.165) is 34.3 Å². The van der Waals surface area contributed by atoms with Crippen LogP contribution in [0.3, 0.4) is 0 Å². The number of amides is 2. The molecule has 1 atom stereocenters. The molecule has 3 rings (SSSR count). The molecule has 0 spiro atoms. The number of carbonyl (C=O) groups is 2. The topological polar surface area (TPSA) is 86.8 Å². The highest BCUT2D eigenvalue weighted by atomic mass is 32.2. The number of nitrogens with zero attached hydrogens (tertiary/aromatic N) is 2. The first-order valence-electron chi connectivity index (χ1n) is 13.1. The van der Waals surface area contributed by atoms with Gasteiger partial charge in [0, 0.05) is 13.1 Å². The smallest absolute Gasteiger partial charge is 0.264 e. The van der Waals surface area contributed by atoms with Gasteiger partial charge < -0.3 is 10.2 Å². The van der Waals surface area contributed by atoms with Crippen LogP contribution in [0.4, 0.5) is 10.1 Å². The molecular weight excluding hydrogens is 517 g/mol. The first-order chi connectivity index (χ1) is 18.7. The monoisotopic (exact) mass is 553 g/mol. The van der Waals surface area contributed by atoms with Crippen LogP contribution in [-0.4, -0.2) is 44.3 Å². The normalized spacial score (nSPS) is 12.0. The molecule has 208 valence electrons. The Morgan fingerprint density at radius 1 is 0.923 bits per heavy atom. The second-order valence-electron chi connectivity index (χ2n) is 9.29. The zero-order valence-electron chi connectivity index (χ0n) is 22.6. The van der Waals surface area contributed by atoms with Crippen LogP contribution in [0.15, 0.2) is 83.8 Å². The molecule has 0 heterocycles. The molecule has 0 bridgehead atoms. The molecule has 0 aliphatic rings. The fourth-order valence-corrected chi connectivity index (χ4v) is 5.73. The van der Waals surface area contributed by atoms with E-state index in [2.05, 4.69) is 5.32 Å². The molecular formula is C30H36FN3O4S. The third kappa shape index (κ3) is 7.44. The van der Waals surface area contributed by atoms with E-state index in [0.29, 0.717) is 13.0 Å². The summed E-state index contributed by atoms with van der Waals surface area (Å²) < 4.78 is 43.2. The predicted molar refractivity (Wildman–Crippen MR) is 151 cm³/mol. The van der Waals surface area contributed by atoms with E-state index in [1.807, 2.05) is 38.1 Å². The zero-order valence-corrected chi connectivity index (χ0v) is 23.5. The molecule has 1 unspecified atom stereocenters. The number of nitrogens with one attached hydrogen (secondary N) is 1. The lowest BCUT2D eigenvalue weighted by Crippen LogP contribution is -2.52. The summed E-state index contributed by atoms with van der Waals surface area (Å²) in [5, 5.41) is 2.90. The maximum Gasteiger partial charge on any atom is 0.264 e. The van der Waals surface area contributed by atoms with Gasteiger partial charge in [0.1, 0.15) is 18.4 Å². The van der Waals surface area contributed by atoms with Gasteiger partial charge in [-0.25, -0.2) is 12.8 Å². The average molecular weight is 554 g/mol. The Balaban J connectivity index is 2.04. The van der Waals surface area contributed by atoms with Gasteiger partial charge >= 0.3 is 0 Å². The molecule has 2 amide bonds. The third-order valence-electron chi connectivity index (χ3n) is 6.55. The summed E-state index contributed by atoms with van der Waals surface area (Å²) in [4.78, 5) is 28.5. The van der Waals surface area contributed by atoms with E-state index in [4.69, 9.17) is 0 Å². The van der Waals surface area contributed by atoms with Gasteiger partial charge in [-0.3, -0.25) is 13.9 Å². The molecule has 0 radical (unpaired) electrons. The van der Waals surface area contributed by atoms with Crippen molar-refractivity contribution in [1.82, 2.24) is 10.2 Å². The molecule has 0 saturated heterocycles. The van der Waals surface area contributed by atoms with Crippen molar-refractivity contribution in [3.63, 3.8) is 0 Å². The molecule has 0 saturated carbocycles. The molecule has 0 fully saturated rings. The molecule has 1 N–H and O–H groups in total. The Kier molecular flexibility index (Phi) is 10.6. The van der Waals surface area contributed by atoms with Crippen LogP contribution in [-0.2, 0) is 26.2 Å². The number of carbonyl (C=O) groups excluding carboxylic acids is 2. The first kappa shape index (κ1) is 29.8. The summed E-state index contributed by atoms with van der Waals surface area (Å²) >= 11 is 0. The number of anilines is 1. The van der Waals surface area contributed by atoms with Crippen molar-refractivity contribution in [2.24, 2.45) is 0 Å². The van der Waals surface area contributed by atoms with Crippen molar-refractivity contribution in [3.05, 3.63) is 95.8 Å². The number of hydrogen-bond acceptors (Lipinski definition) is 4. The molecule has 7 nitrogen and oxygen atoms in total. The SMILES string of the molecule is CCCCNC(=O)C(CC)N(Cc1ccccc1C)C(=O)CN(c1ccccc1F)S(=O)(=O)c1ccccc1. The van der Waals surface area contributed by atoms with Gasteiger partial charge in [-0.15, -0.1) is 0 Å². The van der Waals surface area contributed by atoms with E-state index in [1.165, 1.54) is 35.2 Å². The lowest BCUT2D eigenvalue weighted by atomic mass is 10.1. The Morgan fingerprint density at radius 3 is 2.21 bits per heavy atom. The molecule has 0 aliphatic heterocycles. The number of aryl methyl sites for hydroxylation is 1. The molecule has 0 aromatic heterocycles. The number of para-hydroxylation sites is 1. The summed E-state index contributed by atoms with van der Waals surface area (Å²) in [5.41, 5.74) is 1.51. The van der Waals surface area contributed by atoms with Gasteiger partial charge in [-0.05, 0) is 55.2 Å². The van der Waals surface area contributed by atoms with E-state index >= 15 is 0 Å². The summed E-state index contributed by atoms with van der Waals surface area (Å²) in [5.74, 6) is -1.70. The third-order valence-corrected chi connectivity index (χ3v) is 8.32. The van der Waals surface area contributed by atoms with Crippen molar-refractivity contribution in [2.45, 2.75) is 57.5 Å². The van der Waals surface area contributed by atoms with Crippen LogP contribution in [0, 0.1) is 12.7 Å². The van der Waals surface area contributed by atoms with Crippen LogP contribution >= 0.6 is 0 Å². The zero-order chi connectivity index (χ0) is 28.4. The van der Waals surface area contributed by atoms with Gasteiger partial charge in [0.2, 0.25) is 11.8 Å². The lowest BCUT2D eigenvalue weighted by Gasteiger charge is -2.33. The van der Waals surface area contributed by atoms with Crippen molar-refractivity contribution in [3.8, 4) is 0 Å². The molecule has 3 aromatic carbocycles. The summed E-state index contributed by atoms with van der Waals surface area (Å²) in [6.45, 7) is 5.62. The second kappa shape index (κ2) is 13.9. The Morgan fingerprint density at radius 2 is 1.56 bits per heavy atom. The first-order valence-corrected chi connectivity index (χ1v) is 14.6. The van der Waals surface area contributed by atoms with Crippen LogP contribution in [0.25, 0.3) is 0 Å². The van der Waals surface area contributed by atoms with Gasteiger partial charge in [0.25, 0.3) is 10.0 Å². The van der Waals surface area contributed by atoms with Gasteiger partial charge in [-0.1, -0.05) is 74.9 Å². The average Bonchev–Trinajstić information content (AvgIpc) is 2.93. The quantitative estimate of drug-likeness (QED) is 0.300. The maximum absolute atomic E-state index is 15.0. The lowest BCUT2D eigenvalue weighted by molar-refractivity contribution is -0.140. The highest BCUT2D eigenvalue weighted by Gasteiger charge is 2.34. The number of sulfonamides is 1. The standard InChI is InChI=1S/C30H36FN3O4S/c1-4-6-20-32-30(36)27(5-2)33(21-24-15-11-10-14-23(24)3)29(35)22-34(28-19-13-12-18-26(28)31)39(37,38)25-16-8-7-9-17-25/h7-19,27H,4-6,20-22H2,1-3H3,(H,32,36). The Bertz CT molecular complexity index is 1370. The molecule has 39 heavy (non-hydrogen) atoms. The predicted octanol–water partition coefficient (Wildman–Crippen LogP) is 5.05. The molecule has 9 heteroatoms. The number of rotatable bonds is 13. The second-order valence-corrected chi connectivity index (χ2v) is 11.2. The van der Waals surface area contributed by atoms with Crippen LogP contribution in [0.2, 0.25) is 0 Å². The number of halogens is 1. The minimum absolute atomic E-state index is 0.0733. The fraction of sp³-hybridized carbons (Fsp3) is 0.333. The van der Waals surface area contributed by atoms with E-state index in [-0.39, 0.29) is 23.0 Å². The number of hydrogen-bond donors (Lipinski definition) is 1. The minimum Gasteiger partial charge on any atom is -0.354 e. The Hall–Kier alpha value is -3.72. The van der Waals surface area contributed by atoms with Gasteiger partial charge in [0.05, 0.1) is 10.6 Å². The summed E-state index contributed by atoms with van der Waals surface area (Å²) in [6.07, 6.45) is 2.02. The van der Waals surface area contributed by atoms with Crippen molar-refractivity contribution >= 4 is 27.5 Å². The van der Waals surface area contributed by atoms with Crippen molar-refractivity contribution in [1.29, 1.82) is 0 Å². The minimum atomic E-state index is -4.31. The van der Waals surface area contributed by atoms with Gasteiger partial charge in [-0.2, -0.15) is 0 Å². The molecule has 0 aliphatic carbocycles. The van der Waals surface area contributed by atoms with Crippen LogP contribution < -0.4 is 9.62 Å². The van der Waals surface area contributed by atoms with Gasteiger partial charge in [0.15, 0.2) is 0 Å². The maximum atomic E-state index is 15.0.